The summed E-state index contributed by atoms with van der Waals surface area (Å²) in [5, 5.41) is 10.5. The average molecular weight is 576 g/mol. The number of hydrogen-bond donors (Lipinski definition) is 1. The third-order valence-electron chi connectivity index (χ3n) is 7.81. The number of rotatable bonds is 11. The number of aliphatic carboxylic acids is 1. The predicted octanol–water partition coefficient (Wildman–Crippen LogP) is 8.57. The summed E-state index contributed by atoms with van der Waals surface area (Å²) in [4.78, 5) is 17.8. The lowest BCUT2D eigenvalue weighted by molar-refractivity contribution is -0.166. The van der Waals surface area contributed by atoms with Gasteiger partial charge in [-0.3, -0.25) is 0 Å². The number of hydrogen-bond acceptors (Lipinski definition) is 5. The van der Waals surface area contributed by atoms with Crippen LogP contribution in [0.4, 0.5) is 13.2 Å². The molecule has 1 aliphatic rings. The second-order valence-corrected chi connectivity index (χ2v) is 11.5. The molecule has 1 aliphatic carbocycles. The summed E-state index contributed by atoms with van der Waals surface area (Å²) in [6.45, 7) is 7.79. The van der Waals surface area contributed by atoms with E-state index >= 15 is 0 Å². The van der Waals surface area contributed by atoms with Gasteiger partial charge in [-0.1, -0.05) is 38.0 Å². The minimum Gasteiger partial charge on any atom is -0.485 e. The minimum atomic E-state index is -4.38. The third kappa shape index (κ3) is 6.52. The third-order valence-corrected chi connectivity index (χ3v) is 9.08. The normalized spacial score (nSPS) is 16.6. The van der Waals surface area contributed by atoms with Crippen LogP contribution in [0, 0.1) is 19.8 Å². The number of carbonyl (C=O) groups is 1. The van der Waals surface area contributed by atoms with Crippen LogP contribution in [0.3, 0.4) is 0 Å². The van der Waals surface area contributed by atoms with Crippen LogP contribution in [0.1, 0.15) is 79.3 Å². The fourth-order valence-corrected chi connectivity index (χ4v) is 6.65. The van der Waals surface area contributed by atoms with Gasteiger partial charge >= 0.3 is 12.1 Å². The first-order valence-electron chi connectivity index (χ1n) is 13.8. The highest BCUT2D eigenvalue weighted by Gasteiger charge is 2.38. The Hall–Kier alpha value is -2.91. The van der Waals surface area contributed by atoms with Crippen LogP contribution in [0.15, 0.2) is 42.5 Å². The summed E-state index contributed by atoms with van der Waals surface area (Å²) < 4.78 is 51.5. The zero-order valence-corrected chi connectivity index (χ0v) is 24.1. The molecule has 216 valence electrons. The summed E-state index contributed by atoms with van der Waals surface area (Å²) in [6, 6.07) is 10.8. The molecule has 1 N–H and O–H groups in total. The summed E-state index contributed by atoms with van der Waals surface area (Å²) in [6.07, 6.45) is 0.299. The molecule has 0 amide bonds. The molecule has 3 aromatic rings. The predicted molar refractivity (Wildman–Crippen MR) is 150 cm³/mol. The van der Waals surface area contributed by atoms with E-state index in [0.717, 1.165) is 59.5 Å². The van der Waals surface area contributed by atoms with Crippen molar-refractivity contribution in [2.75, 3.05) is 6.61 Å². The van der Waals surface area contributed by atoms with Crippen molar-refractivity contribution >= 4 is 17.3 Å². The average Bonchev–Trinajstić information content (AvgIpc) is 3.58. The molecule has 0 spiro atoms. The number of alkyl halides is 3. The van der Waals surface area contributed by atoms with Gasteiger partial charge in [-0.25, -0.2) is 9.78 Å². The van der Waals surface area contributed by atoms with Crippen LogP contribution in [0.25, 0.3) is 10.6 Å². The molecule has 2 aromatic carbocycles. The molecule has 0 radical (unpaired) electrons. The Balaban J connectivity index is 1.61. The maximum atomic E-state index is 13.0. The Morgan fingerprint density at radius 2 is 1.77 bits per heavy atom. The molecule has 40 heavy (non-hydrogen) atoms. The molecule has 0 bridgehead atoms. The smallest absolute Gasteiger partial charge is 0.416 e. The zero-order valence-electron chi connectivity index (χ0n) is 23.3. The molecule has 5 nitrogen and oxygen atoms in total. The van der Waals surface area contributed by atoms with Crippen molar-refractivity contribution in [1.29, 1.82) is 0 Å². The molecule has 2 atom stereocenters. The van der Waals surface area contributed by atoms with Gasteiger partial charge in [-0.15, -0.1) is 11.3 Å². The Morgan fingerprint density at radius 1 is 1.10 bits per heavy atom. The van der Waals surface area contributed by atoms with Gasteiger partial charge in [0.1, 0.15) is 16.9 Å². The first-order valence-corrected chi connectivity index (χ1v) is 14.6. The highest BCUT2D eigenvalue weighted by molar-refractivity contribution is 7.15. The Kier molecular flexibility index (Phi) is 9.25. The Morgan fingerprint density at radius 3 is 2.33 bits per heavy atom. The molecular weight excluding hydrogens is 539 g/mol. The second-order valence-electron chi connectivity index (χ2n) is 10.5. The molecule has 0 saturated heterocycles. The van der Waals surface area contributed by atoms with Crippen LogP contribution >= 0.6 is 11.3 Å². The minimum absolute atomic E-state index is 0.231. The molecule has 1 fully saturated rings. The molecule has 0 aliphatic heterocycles. The van der Waals surface area contributed by atoms with E-state index in [1.54, 1.807) is 6.92 Å². The first-order chi connectivity index (χ1) is 19.0. The van der Waals surface area contributed by atoms with E-state index in [1.807, 2.05) is 39.0 Å². The lowest BCUT2D eigenvalue weighted by atomic mass is 9.89. The fourth-order valence-electron chi connectivity index (χ4n) is 5.46. The summed E-state index contributed by atoms with van der Waals surface area (Å²) in [5.41, 5.74) is 1.31. The van der Waals surface area contributed by atoms with Gasteiger partial charge in [0.25, 0.3) is 0 Å². The quantitative estimate of drug-likeness (QED) is 0.248. The number of benzene rings is 2. The summed E-state index contributed by atoms with van der Waals surface area (Å²) >= 11 is 1.47. The van der Waals surface area contributed by atoms with Gasteiger partial charge in [-0.05, 0) is 75.4 Å². The van der Waals surface area contributed by atoms with Crippen molar-refractivity contribution in [3.63, 3.8) is 0 Å². The van der Waals surface area contributed by atoms with Crippen LogP contribution in [0.2, 0.25) is 0 Å². The number of thiazole rings is 1. The monoisotopic (exact) mass is 575 g/mol. The Labute approximate surface area is 237 Å². The van der Waals surface area contributed by atoms with E-state index in [9.17, 15) is 23.1 Å². The number of ether oxygens (including phenoxy) is 2. The van der Waals surface area contributed by atoms with Gasteiger partial charge in [0, 0.05) is 24.5 Å². The standard InChI is InChI=1S/C31H36F3NO4S/c1-5-30(29(36)37,38-6-2)18-23-13-16-25(17-19(23)3)39-26(21-9-7-8-10-21)27-20(4)35-28(40-27)22-11-14-24(15-12-22)31(32,33)34/h11-17,21,26H,5-10,18H2,1-4H3,(H,36,37). The molecule has 1 aromatic heterocycles. The van der Waals surface area contributed by atoms with Crippen LogP contribution in [-0.4, -0.2) is 28.3 Å². The first kappa shape index (κ1) is 30.1. The van der Waals surface area contributed by atoms with Crippen molar-refractivity contribution in [1.82, 2.24) is 4.98 Å². The van der Waals surface area contributed by atoms with E-state index in [-0.39, 0.29) is 12.5 Å². The largest absolute Gasteiger partial charge is 0.485 e. The number of carboxylic acids is 1. The van der Waals surface area contributed by atoms with Gasteiger partial charge < -0.3 is 14.6 Å². The SMILES string of the molecule is CCOC(CC)(Cc1ccc(OC(c2sc(-c3ccc(C(F)(F)F)cc3)nc2C)C2CCCC2)cc1C)C(=O)O. The van der Waals surface area contributed by atoms with Crippen LogP contribution < -0.4 is 4.74 Å². The number of halogens is 3. The fraction of sp³-hybridized carbons (Fsp3) is 0.484. The van der Waals surface area contributed by atoms with Crippen molar-refractivity contribution < 1.29 is 32.5 Å². The van der Waals surface area contributed by atoms with Gasteiger partial charge in [0.05, 0.1) is 16.1 Å². The summed E-state index contributed by atoms with van der Waals surface area (Å²) in [7, 11) is 0. The molecule has 1 heterocycles. The van der Waals surface area contributed by atoms with Gasteiger partial charge in [-0.2, -0.15) is 13.2 Å². The molecule has 4 rings (SSSR count). The molecule has 2 unspecified atom stereocenters. The number of aromatic nitrogens is 1. The second kappa shape index (κ2) is 12.3. The van der Waals surface area contributed by atoms with Crippen molar-refractivity contribution in [2.24, 2.45) is 5.92 Å². The van der Waals surface area contributed by atoms with Crippen molar-refractivity contribution in [3.05, 3.63) is 69.7 Å². The van der Waals surface area contributed by atoms with Crippen LogP contribution in [-0.2, 0) is 22.1 Å². The van der Waals surface area contributed by atoms with Crippen molar-refractivity contribution in [2.45, 2.75) is 84.1 Å². The van der Waals surface area contributed by atoms with E-state index in [2.05, 4.69) is 0 Å². The van der Waals surface area contributed by atoms with Crippen molar-refractivity contribution in [3.8, 4) is 16.3 Å². The lowest BCUT2D eigenvalue weighted by Gasteiger charge is -2.29. The molecular formula is C31H36F3NO4S. The van der Waals surface area contributed by atoms with E-state index in [0.29, 0.717) is 35.3 Å². The van der Waals surface area contributed by atoms with E-state index in [4.69, 9.17) is 14.5 Å². The summed E-state index contributed by atoms with van der Waals surface area (Å²) in [5.74, 6) is 0.0237. The highest BCUT2D eigenvalue weighted by atomic mass is 32.1. The number of nitrogens with zero attached hydrogens (tertiary/aromatic N) is 1. The maximum absolute atomic E-state index is 13.0. The van der Waals surface area contributed by atoms with Gasteiger partial charge in [0.15, 0.2) is 5.60 Å². The maximum Gasteiger partial charge on any atom is 0.416 e. The molecule has 9 heteroatoms. The van der Waals surface area contributed by atoms with Crippen LogP contribution in [0.5, 0.6) is 5.75 Å². The number of carboxylic acid groups (broad SMARTS) is 1. The lowest BCUT2D eigenvalue weighted by Crippen LogP contribution is -2.43. The Bertz CT molecular complexity index is 1320. The topological polar surface area (TPSA) is 68.7 Å². The van der Waals surface area contributed by atoms with E-state index in [1.165, 1.54) is 23.5 Å². The highest BCUT2D eigenvalue weighted by Crippen LogP contribution is 2.44. The number of aryl methyl sites for hydroxylation is 2. The molecule has 1 saturated carbocycles. The zero-order chi connectivity index (χ0) is 29.1. The van der Waals surface area contributed by atoms with Gasteiger partial charge in [0.2, 0.25) is 0 Å². The van der Waals surface area contributed by atoms with E-state index < -0.39 is 23.3 Å².